The summed E-state index contributed by atoms with van der Waals surface area (Å²) in [5, 5.41) is 14.2. The monoisotopic (exact) mass is 368 g/mol. The molecule has 0 fully saturated rings. The van der Waals surface area contributed by atoms with Gasteiger partial charge >= 0.3 is 0 Å². The van der Waals surface area contributed by atoms with Gasteiger partial charge in [-0.15, -0.1) is 5.10 Å². The number of hydrogen-bond acceptors (Lipinski definition) is 5. The lowest BCUT2D eigenvalue weighted by Crippen LogP contribution is -2.14. The van der Waals surface area contributed by atoms with Crippen LogP contribution in [0.2, 0.25) is 5.02 Å². The van der Waals surface area contributed by atoms with Gasteiger partial charge in [-0.25, -0.2) is 9.67 Å². The molecule has 1 amide bonds. The van der Waals surface area contributed by atoms with Gasteiger partial charge in [0.25, 0.3) is 5.91 Å². The van der Waals surface area contributed by atoms with E-state index in [1.807, 2.05) is 18.2 Å². The highest BCUT2D eigenvalue weighted by atomic mass is 35.5. The SMILES string of the molecule is O=C(Nc1ncn(Cc2cccc(Cl)c2)n1)c1cc(-c2ccco2)[nH]n1. The van der Waals surface area contributed by atoms with Gasteiger partial charge in [0.15, 0.2) is 11.5 Å². The number of carbonyl (C=O) groups excluding carboxylic acids is 1. The number of aromatic amines is 1. The van der Waals surface area contributed by atoms with E-state index in [9.17, 15) is 4.79 Å². The third-order valence-corrected chi connectivity index (χ3v) is 3.83. The van der Waals surface area contributed by atoms with Crippen molar-refractivity contribution in [2.75, 3.05) is 5.32 Å². The van der Waals surface area contributed by atoms with Crippen molar-refractivity contribution in [2.24, 2.45) is 0 Å². The quantitative estimate of drug-likeness (QED) is 0.563. The van der Waals surface area contributed by atoms with E-state index in [0.717, 1.165) is 5.56 Å². The molecule has 130 valence electrons. The summed E-state index contributed by atoms with van der Waals surface area (Å²) in [6, 6.07) is 12.6. The first-order chi connectivity index (χ1) is 12.7. The van der Waals surface area contributed by atoms with Crippen molar-refractivity contribution in [3.8, 4) is 11.5 Å². The number of halogens is 1. The Balaban J connectivity index is 1.43. The van der Waals surface area contributed by atoms with Crippen LogP contribution in [-0.2, 0) is 6.54 Å². The molecule has 0 aliphatic heterocycles. The molecule has 4 rings (SSSR count). The Bertz CT molecular complexity index is 1040. The molecular formula is C17H13ClN6O2. The molecule has 0 saturated heterocycles. The van der Waals surface area contributed by atoms with Crippen LogP contribution in [-0.4, -0.2) is 30.9 Å². The predicted octanol–water partition coefficient (Wildman–Crippen LogP) is 3.22. The highest BCUT2D eigenvalue weighted by Gasteiger charge is 2.14. The Morgan fingerprint density at radius 2 is 2.19 bits per heavy atom. The zero-order valence-corrected chi connectivity index (χ0v) is 14.1. The standard InChI is InChI=1S/C17H13ClN6O2/c18-12-4-1-3-11(7-12)9-24-10-19-17(23-24)20-16(25)14-8-13(21-22-14)15-5-2-6-26-15/h1-8,10H,9H2,(H,21,22)(H,20,23,25). The van der Waals surface area contributed by atoms with Crippen molar-refractivity contribution in [1.29, 1.82) is 0 Å². The molecule has 0 bridgehead atoms. The Morgan fingerprint density at radius 3 is 3.00 bits per heavy atom. The van der Waals surface area contributed by atoms with E-state index in [1.54, 1.807) is 35.2 Å². The molecule has 2 N–H and O–H groups in total. The molecule has 4 aromatic rings. The minimum absolute atomic E-state index is 0.194. The van der Waals surface area contributed by atoms with E-state index >= 15 is 0 Å². The van der Waals surface area contributed by atoms with Crippen LogP contribution in [0.5, 0.6) is 0 Å². The third-order valence-electron chi connectivity index (χ3n) is 3.59. The normalized spacial score (nSPS) is 10.8. The van der Waals surface area contributed by atoms with Crippen molar-refractivity contribution < 1.29 is 9.21 Å². The Kier molecular flexibility index (Phi) is 4.24. The maximum absolute atomic E-state index is 12.3. The topological polar surface area (TPSA) is 102 Å². The molecule has 8 nitrogen and oxygen atoms in total. The van der Waals surface area contributed by atoms with E-state index in [1.165, 1.54) is 6.33 Å². The maximum atomic E-state index is 12.3. The summed E-state index contributed by atoms with van der Waals surface area (Å²) in [7, 11) is 0. The van der Waals surface area contributed by atoms with Gasteiger partial charge in [-0.3, -0.25) is 15.2 Å². The van der Waals surface area contributed by atoms with Crippen molar-refractivity contribution in [1.82, 2.24) is 25.0 Å². The lowest BCUT2D eigenvalue weighted by molar-refractivity contribution is 0.102. The number of nitrogens with one attached hydrogen (secondary N) is 2. The number of amides is 1. The number of aromatic nitrogens is 5. The Morgan fingerprint density at radius 1 is 1.27 bits per heavy atom. The minimum Gasteiger partial charge on any atom is -0.463 e. The van der Waals surface area contributed by atoms with Gasteiger partial charge in [0.05, 0.1) is 12.8 Å². The van der Waals surface area contributed by atoms with Gasteiger partial charge in [0, 0.05) is 11.1 Å². The smallest absolute Gasteiger partial charge is 0.278 e. The zero-order valence-electron chi connectivity index (χ0n) is 13.4. The van der Waals surface area contributed by atoms with Crippen molar-refractivity contribution in [2.45, 2.75) is 6.54 Å². The van der Waals surface area contributed by atoms with Gasteiger partial charge in [0.2, 0.25) is 5.95 Å². The lowest BCUT2D eigenvalue weighted by Gasteiger charge is -2.01. The second-order valence-electron chi connectivity index (χ2n) is 5.49. The van der Waals surface area contributed by atoms with Crippen LogP contribution in [0, 0.1) is 0 Å². The highest BCUT2D eigenvalue weighted by molar-refractivity contribution is 6.30. The second kappa shape index (κ2) is 6.85. The van der Waals surface area contributed by atoms with E-state index in [4.69, 9.17) is 16.0 Å². The molecule has 0 aliphatic rings. The summed E-state index contributed by atoms with van der Waals surface area (Å²) in [5.74, 6) is 0.375. The first kappa shape index (κ1) is 16.1. The van der Waals surface area contributed by atoms with Crippen LogP contribution in [0.4, 0.5) is 5.95 Å². The third kappa shape index (κ3) is 3.50. The van der Waals surface area contributed by atoms with E-state index in [2.05, 4.69) is 25.6 Å². The summed E-state index contributed by atoms with van der Waals surface area (Å²) < 4.78 is 6.87. The zero-order chi connectivity index (χ0) is 17.9. The summed E-state index contributed by atoms with van der Waals surface area (Å²) >= 11 is 5.97. The largest absolute Gasteiger partial charge is 0.463 e. The Hall–Kier alpha value is -3.39. The van der Waals surface area contributed by atoms with Crippen molar-refractivity contribution >= 4 is 23.5 Å². The summed E-state index contributed by atoms with van der Waals surface area (Å²) in [5.41, 5.74) is 1.80. The maximum Gasteiger partial charge on any atom is 0.278 e. The molecule has 0 unspecified atom stereocenters. The number of carbonyl (C=O) groups is 1. The fourth-order valence-electron chi connectivity index (χ4n) is 2.41. The summed E-state index contributed by atoms with van der Waals surface area (Å²) in [6.07, 6.45) is 3.09. The molecule has 3 heterocycles. The number of hydrogen-bond donors (Lipinski definition) is 2. The van der Waals surface area contributed by atoms with Crippen molar-refractivity contribution in [3.63, 3.8) is 0 Å². The average molecular weight is 369 g/mol. The molecule has 26 heavy (non-hydrogen) atoms. The molecule has 0 aliphatic carbocycles. The van der Waals surface area contributed by atoms with Crippen LogP contribution in [0.15, 0.2) is 59.5 Å². The van der Waals surface area contributed by atoms with Crippen LogP contribution in [0.25, 0.3) is 11.5 Å². The van der Waals surface area contributed by atoms with E-state index < -0.39 is 5.91 Å². The van der Waals surface area contributed by atoms with Gasteiger partial charge in [-0.2, -0.15) is 5.10 Å². The average Bonchev–Trinajstić information content (AvgIpc) is 3.36. The second-order valence-corrected chi connectivity index (χ2v) is 5.93. The van der Waals surface area contributed by atoms with Crippen LogP contribution in [0.3, 0.4) is 0 Å². The summed E-state index contributed by atoms with van der Waals surface area (Å²) in [6.45, 7) is 0.495. The molecule has 0 atom stereocenters. The molecule has 1 aromatic carbocycles. The fraction of sp³-hybridized carbons (Fsp3) is 0.0588. The number of nitrogens with zero attached hydrogens (tertiary/aromatic N) is 4. The molecule has 0 radical (unpaired) electrons. The van der Waals surface area contributed by atoms with Gasteiger partial charge < -0.3 is 4.42 Å². The summed E-state index contributed by atoms with van der Waals surface area (Å²) in [4.78, 5) is 16.4. The number of H-pyrrole nitrogens is 1. The molecular weight excluding hydrogens is 356 g/mol. The van der Waals surface area contributed by atoms with E-state index in [0.29, 0.717) is 23.0 Å². The number of rotatable bonds is 5. The van der Waals surface area contributed by atoms with E-state index in [-0.39, 0.29) is 11.6 Å². The molecule has 0 saturated carbocycles. The Labute approximate surface area is 152 Å². The van der Waals surface area contributed by atoms with Gasteiger partial charge in [-0.05, 0) is 29.8 Å². The lowest BCUT2D eigenvalue weighted by atomic mass is 10.2. The number of furan rings is 1. The molecule has 3 aromatic heterocycles. The first-order valence-corrected chi connectivity index (χ1v) is 8.10. The van der Waals surface area contributed by atoms with Crippen LogP contribution >= 0.6 is 11.6 Å². The van der Waals surface area contributed by atoms with Crippen molar-refractivity contribution in [3.05, 3.63) is 71.3 Å². The predicted molar refractivity (Wildman–Crippen MR) is 94.8 cm³/mol. The fourth-order valence-corrected chi connectivity index (χ4v) is 2.63. The van der Waals surface area contributed by atoms with Gasteiger partial charge in [0.1, 0.15) is 12.0 Å². The minimum atomic E-state index is -0.417. The number of benzene rings is 1. The highest BCUT2D eigenvalue weighted by Crippen LogP contribution is 2.18. The number of anilines is 1. The molecule has 9 heteroatoms. The van der Waals surface area contributed by atoms with Crippen LogP contribution < -0.4 is 5.32 Å². The first-order valence-electron chi connectivity index (χ1n) is 7.72. The molecule has 0 spiro atoms. The van der Waals surface area contributed by atoms with Gasteiger partial charge in [-0.1, -0.05) is 23.7 Å². The van der Waals surface area contributed by atoms with Crippen LogP contribution in [0.1, 0.15) is 16.1 Å².